The molecule has 1 N–H and O–H groups in total. The first-order valence-corrected chi connectivity index (χ1v) is 8.54. The maximum Gasteiger partial charge on any atom is 0.142 e. The number of anilines is 1. The van der Waals surface area contributed by atoms with Crippen LogP contribution in [0.4, 0.5) is 5.82 Å². The van der Waals surface area contributed by atoms with Crippen LogP contribution in [0, 0.1) is 16.7 Å². The normalized spacial score (nSPS) is 16.3. The van der Waals surface area contributed by atoms with Crippen molar-refractivity contribution in [2.24, 2.45) is 5.41 Å². The molecule has 1 aliphatic rings. The number of ether oxygens (including phenoxy) is 1. The third kappa shape index (κ3) is 3.92. The highest BCUT2D eigenvalue weighted by molar-refractivity contribution is 5.42. The van der Waals surface area contributed by atoms with Gasteiger partial charge in [-0.2, -0.15) is 5.26 Å². The van der Waals surface area contributed by atoms with Crippen molar-refractivity contribution in [3.63, 3.8) is 0 Å². The van der Waals surface area contributed by atoms with Gasteiger partial charge in [0, 0.05) is 25.1 Å². The second-order valence-corrected chi connectivity index (χ2v) is 6.67. The highest BCUT2D eigenvalue weighted by Gasteiger charge is 2.34. The van der Waals surface area contributed by atoms with E-state index in [1.807, 2.05) is 30.3 Å². The van der Waals surface area contributed by atoms with Crippen LogP contribution in [0.25, 0.3) is 0 Å². The minimum absolute atomic E-state index is 0.115. The summed E-state index contributed by atoms with van der Waals surface area (Å²) < 4.78 is 5.30. The van der Waals surface area contributed by atoms with E-state index in [4.69, 9.17) is 10.00 Å². The van der Waals surface area contributed by atoms with Crippen LogP contribution in [-0.4, -0.2) is 36.9 Å². The van der Waals surface area contributed by atoms with Crippen LogP contribution in [0.15, 0.2) is 42.5 Å². The Hall–Kier alpha value is -2.58. The van der Waals surface area contributed by atoms with Gasteiger partial charge in [-0.25, -0.2) is 4.98 Å². The Morgan fingerprint density at radius 2 is 2.00 bits per heavy atom. The van der Waals surface area contributed by atoms with Crippen molar-refractivity contribution < 1.29 is 9.84 Å². The predicted molar refractivity (Wildman–Crippen MR) is 96.6 cm³/mol. The van der Waals surface area contributed by atoms with Crippen LogP contribution in [0.1, 0.15) is 24.1 Å². The van der Waals surface area contributed by atoms with E-state index in [0.717, 1.165) is 43.9 Å². The van der Waals surface area contributed by atoms with Gasteiger partial charge in [0.05, 0.1) is 7.11 Å². The highest BCUT2D eigenvalue weighted by atomic mass is 16.5. The Morgan fingerprint density at radius 3 is 2.68 bits per heavy atom. The second kappa shape index (κ2) is 7.54. The van der Waals surface area contributed by atoms with Crippen LogP contribution in [0.3, 0.4) is 0 Å². The smallest absolute Gasteiger partial charge is 0.142 e. The van der Waals surface area contributed by atoms with Crippen molar-refractivity contribution in [3.8, 4) is 11.8 Å². The van der Waals surface area contributed by atoms with Gasteiger partial charge in [-0.1, -0.05) is 18.2 Å². The molecule has 1 aromatic carbocycles. The largest absolute Gasteiger partial charge is 0.497 e. The molecule has 1 aromatic heterocycles. The highest BCUT2D eigenvalue weighted by Crippen LogP contribution is 2.36. The molecule has 0 radical (unpaired) electrons. The van der Waals surface area contributed by atoms with Crippen LogP contribution >= 0.6 is 0 Å². The van der Waals surface area contributed by atoms with Gasteiger partial charge >= 0.3 is 0 Å². The Labute approximate surface area is 148 Å². The molecule has 0 bridgehead atoms. The zero-order valence-corrected chi connectivity index (χ0v) is 14.5. The first-order valence-electron chi connectivity index (χ1n) is 8.54. The van der Waals surface area contributed by atoms with Crippen molar-refractivity contribution in [1.29, 1.82) is 5.26 Å². The van der Waals surface area contributed by atoms with Crippen LogP contribution in [-0.2, 0) is 6.42 Å². The molecule has 1 saturated heterocycles. The van der Waals surface area contributed by atoms with Gasteiger partial charge in [0.25, 0.3) is 0 Å². The molecule has 3 rings (SSSR count). The van der Waals surface area contributed by atoms with Crippen molar-refractivity contribution >= 4 is 5.82 Å². The number of pyridine rings is 1. The number of hydrogen-bond donors (Lipinski definition) is 1. The fraction of sp³-hybridized carbons (Fsp3) is 0.400. The second-order valence-electron chi connectivity index (χ2n) is 6.67. The minimum Gasteiger partial charge on any atom is -0.497 e. The van der Waals surface area contributed by atoms with Crippen molar-refractivity contribution in [1.82, 2.24) is 4.98 Å². The molecule has 5 heteroatoms. The van der Waals surface area contributed by atoms with Gasteiger partial charge in [0.15, 0.2) is 0 Å². The number of nitriles is 1. The lowest BCUT2D eigenvalue weighted by Gasteiger charge is -2.41. The van der Waals surface area contributed by atoms with E-state index in [0.29, 0.717) is 5.69 Å². The maximum absolute atomic E-state index is 10.1. The quantitative estimate of drug-likeness (QED) is 0.908. The SMILES string of the molecule is COc1cccc(CC2(CO)CCN(c3cccc(C#N)n3)CC2)c1. The predicted octanol–water partition coefficient (Wildman–Crippen LogP) is 2.78. The van der Waals surface area contributed by atoms with Gasteiger partial charge in [0.2, 0.25) is 0 Å². The summed E-state index contributed by atoms with van der Waals surface area (Å²) in [5.74, 6) is 1.69. The number of methoxy groups -OCH3 is 1. The molecule has 0 atom stereocenters. The van der Waals surface area contributed by atoms with Crippen LogP contribution in [0.5, 0.6) is 5.75 Å². The number of aliphatic hydroxyl groups excluding tert-OH is 1. The number of aromatic nitrogens is 1. The third-order valence-corrected chi connectivity index (χ3v) is 5.05. The van der Waals surface area contributed by atoms with E-state index in [1.165, 1.54) is 5.56 Å². The lowest BCUT2D eigenvalue weighted by Crippen LogP contribution is -2.43. The molecule has 2 aromatic rings. The summed E-state index contributed by atoms with van der Waals surface area (Å²) in [6, 6.07) is 15.7. The third-order valence-electron chi connectivity index (χ3n) is 5.05. The first kappa shape index (κ1) is 17.2. The number of rotatable bonds is 5. The maximum atomic E-state index is 10.1. The van der Waals surface area contributed by atoms with Gasteiger partial charge in [-0.3, -0.25) is 0 Å². The van der Waals surface area contributed by atoms with E-state index in [9.17, 15) is 5.11 Å². The molecule has 2 heterocycles. The number of piperidine rings is 1. The van der Waals surface area contributed by atoms with Gasteiger partial charge in [-0.15, -0.1) is 0 Å². The van der Waals surface area contributed by atoms with Crippen molar-refractivity contribution in [2.45, 2.75) is 19.3 Å². The molecule has 0 amide bonds. The molecule has 130 valence electrons. The molecule has 0 saturated carbocycles. The monoisotopic (exact) mass is 337 g/mol. The Kier molecular flexibility index (Phi) is 5.20. The molecule has 0 unspecified atom stereocenters. The molecule has 1 fully saturated rings. The van der Waals surface area contributed by atoms with Crippen molar-refractivity contribution in [2.75, 3.05) is 31.7 Å². The van der Waals surface area contributed by atoms with Crippen molar-refractivity contribution in [3.05, 3.63) is 53.7 Å². The van der Waals surface area contributed by atoms with Gasteiger partial charge < -0.3 is 14.7 Å². The van der Waals surface area contributed by atoms with Crippen LogP contribution < -0.4 is 9.64 Å². The number of benzene rings is 1. The summed E-state index contributed by atoms with van der Waals surface area (Å²) in [6.07, 6.45) is 2.61. The standard InChI is InChI=1S/C20H23N3O2/c1-25-18-6-2-4-16(12-18)13-20(15-24)8-10-23(11-9-20)19-7-3-5-17(14-21)22-19/h2-7,12,24H,8-11,13,15H2,1H3. The van der Waals surface area contributed by atoms with E-state index in [-0.39, 0.29) is 12.0 Å². The lowest BCUT2D eigenvalue weighted by atomic mass is 9.74. The summed E-state index contributed by atoms with van der Waals surface area (Å²) in [7, 11) is 1.67. The summed E-state index contributed by atoms with van der Waals surface area (Å²) >= 11 is 0. The Bertz CT molecular complexity index is 762. The summed E-state index contributed by atoms with van der Waals surface area (Å²) in [5.41, 5.74) is 1.51. The number of hydrogen-bond acceptors (Lipinski definition) is 5. The molecule has 1 aliphatic heterocycles. The molecular weight excluding hydrogens is 314 g/mol. The fourth-order valence-electron chi connectivity index (χ4n) is 3.48. The Balaban J connectivity index is 1.70. The van der Waals surface area contributed by atoms with Gasteiger partial charge in [-0.05, 0) is 49.1 Å². The average Bonchev–Trinajstić information content (AvgIpc) is 2.68. The minimum atomic E-state index is -0.115. The topological polar surface area (TPSA) is 69.4 Å². The molecule has 0 aliphatic carbocycles. The van der Waals surface area contributed by atoms with E-state index >= 15 is 0 Å². The average molecular weight is 337 g/mol. The molecule has 0 spiro atoms. The number of aliphatic hydroxyl groups is 1. The van der Waals surface area contributed by atoms with E-state index in [1.54, 1.807) is 13.2 Å². The first-order chi connectivity index (χ1) is 12.2. The molecule has 5 nitrogen and oxygen atoms in total. The van der Waals surface area contributed by atoms with E-state index in [2.05, 4.69) is 22.0 Å². The number of nitrogens with zero attached hydrogens (tertiary/aromatic N) is 3. The summed E-state index contributed by atoms with van der Waals surface area (Å²) in [5, 5.41) is 19.1. The van der Waals surface area contributed by atoms with Gasteiger partial charge in [0.1, 0.15) is 23.3 Å². The fourth-order valence-corrected chi connectivity index (χ4v) is 3.48. The zero-order chi connectivity index (χ0) is 17.7. The lowest BCUT2D eigenvalue weighted by molar-refractivity contribution is 0.0960. The zero-order valence-electron chi connectivity index (χ0n) is 14.5. The molecule has 25 heavy (non-hydrogen) atoms. The molecular formula is C20H23N3O2. The van der Waals surface area contributed by atoms with E-state index < -0.39 is 0 Å². The van der Waals surface area contributed by atoms with Crippen LogP contribution in [0.2, 0.25) is 0 Å². The Morgan fingerprint density at radius 1 is 1.24 bits per heavy atom. The summed E-state index contributed by atoms with van der Waals surface area (Å²) in [4.78, 5) is 6.58. The summed E-state index contributed by atoms with van der Waals surface area (Å²) in [6.45, 7) is 1.82.